The molecule has 0 saturated heterocycles. The highest BCUT2D eigenvalue weighted by Gasteiger charge is 2.56. The monoisotopic (exact) mass is 160 g/mol. The first-order valence-electron chi connectivity index (χ1n) is 3.85. The van der Waals surface area contributed by atoms with Gasteiger partial charge in [-0.15, -0.1) is 0 Å². The molecule has 4 N–H and O–H groups in total. The Morgan fingerprint density at radius 2 is 0.909 bits per heavy atom. The van der Waals surface area contributed by atoms with Crippen LogP contribution in [0.3, 0.4) is 0 Å². The lowest BCUT2D eigenvalue weighted by Crippen LogP contribution is -2.47. The van der Waals surface area contributed by atoms with Gasteiger partial charge in [0.2, 0.25) is 0 Å². The first kappa shape index (κ1) is 7.49. The SMILES string of the molecule is O[C@@H]1C2CC([C@@H]1O)[C@H](O)[C@@H]2O. The van der Waals surface area contributed by atoms with Crippen LogP contribution in [0.2, 0.25) is 0 Å². The van der Waals surface area contributed by atoms with Gasteiger partial charge in [-0.1, -0.05) is 0 Å². The molecule has 2 saturated carbocycles. The molecule has 0 spiro atoms. The van der Waals surface area contributed by atoms with Crippen molar-refractivity contribution in [1.82, 2.24) is 0 Å². The van der Waals surface area contributed by atoms with E-state index in [4.69, 9.17) is 0 Å². The second-order valence-electron chi connectivity index (χ2n) is 3.53. The summed E-state index contributed by atoms with van der Waals surface area (Å²) in [5.74, 6) is -0.657. The minimum Gasteiger partial charge on any atom is -0.390 e. The van der Waals surface area contributed by atoms with E-state index in [0.29, 0.717) is 6.42 Å². The van der Waals surface area contributed by atoms with E-state index in [2.05, 4.69) is 0 Å². The molecule has 0 aromatic carbocycles. The summed E-state index contributed by atoms with van der Waals surface area (Å²) in [4.78, 5) is 0. The largest absolute Gasteiger partial charge is 0.390 e. The van der Waals surface area contributed by atoms with Gasteiger partial charge in [0, 0.05) is 11.8 Å². The molecular weight excluding hydrogens is 148 g/mol. The summed E-state index contributed by atoms with van der Waals surface area (Å²) >= 11 is 0. The van der Waals surface area contributed by atoms with Crippen molar-refractivity contribution in [3.05, 3.63) is 0 Å². The second-order valence-corrected chi connectivity index (χ2v) is 3.53. The molecule has 4 nitrogen and oxygen atoms in total. The maximum absolute atomic E-state index is 9.25. The highest BCUT2D eigenvalue weighted by molar-refractivity contribution is 5.06. The molecule has 0 heterocycles. The zero-order chi connectivity index (χ0) is 8.17. The number of aliphatic hydroxyl groups excluding tert-OH is 4. The van der Waals surface area contributed by atoms with Crippen molar-refractivity contribution < 1.29 is 20.4 Å². The van der Waals surface area contributed by atoms with Gasteiger partial charge < -0.3 is 20.4 Å². The smallest absolute Gasteiger partial charge is 0.0856 e. The normalized spacial score (nSPS) is 62.2. The van der Waals surface area contributed by atoms with Crippen molar-refractivity contribution in [1.29, 1.82) is 0 Å². The Morgan fingerprint density at radius 1 is 0.636 bits per heavy atom. The zero-order valence-corrected chi connectivity index (χ0v) is 5.96. The fraction of sp³-hybridized carbons (Fsp3) is 1.00. The van der Waals surface area contributed by atoms with Crippen molar-refractivity contribution in [2.24, 2.45) is 11.8 Å². The minimum absolute atomic E-state index is 0.329. The van der Waals surface area contributed by atoms with E-state index >= 15 is 0 Å². The molecule has 0 radical (unpaired) electrons. The highest BCUT2D eigenvalue weighted by Crippen LogP contribution is 2.44. The average molecular weight is 160 g/mol. The van der Waals surface area contributed by atoms with Gasteiger partial charge in [-0.05, 0) is 6.42 Å². The summed E-state index contributed by atoms with van der Waals surface area (Å²) in [5, 5.41) is 37.0. The molecular formula is C7H12O4. The molecule has 4 atom stereocenters. The van der Waals surface area contributed by atoms with Crippen molar-refractivity contribution in [3.8, 4) is 0 Å². The van der Waals surface area contributed by atoms with Gasteiger partial charge in [0.1, 0.15) is 0 Å². The van der Waals surface area contributed by atoms with Gasteiger partial charge >= 0.3 is 0 Å². The third kappa shape index (κ3) is 0.780. The fourth-order valence-electron chi connectivity index (χ4n) is 2.29. The summed E-state index contributed by atoms with van der Waals surface area (Å²) in [7, 11) is 0. The molecule has 2 bridgehead atoms. The van der Waals surface area contributed by atoms with Gasteiger partial charge in [0.15, 0.2) is 0 Å². The maximum atomic E-state index is 9.25. The third-order valence-corrected chi connectivity index (χ3v) is 3.00. The summed E-state index contributed by atoms with van der Waals surface area (Å²) in [6.07, 6.45) is -2.86. The van der Waals surface area contributed by atoms with Crippen LogP contribution in [0.5, 0.6) is 0 Å². The highest BCUT2D eigenvalue weighted by atomic mass is 16.4. The van der Waals surface area contributed by atoms with E-state index in [1.54, 1.807) is 0 Å². The van der Waals surface area contributed by atoms with Crippen LogP contribution in [0.4, 0.5) is 0 Å². The standard InChI is InChI=1S/C7H12O4/c8-4-2-1-3(6(4)10)7(11)5(2)9/h2-11H,1H2/t2?,3?,4-,5-,6+,7+. The van der Waals surface area contributed by atoms with Gasteiger partial charge in [0.05, 0.1) is 24.4 Å². The molecule has 2 fully saturated rings. The fourth-order valence-corrected chi connectivity index (χ4v) is 2.29. The number of aliphatic hydroxyl groups is 4. The van der Waals surface area contributed by atoms with Gasteiger partial charge in [-0.2, -0.15) is 0 Å². The minimum atomic E-state index is -0.849. The molecule has 2 aliphatic carbocycles. The van der Waals surface area contributed by atoms with Crippen LogP contribution in [-0.4, -0.2) is 44.8 Å². The molecule has 4 heteroatoms. The van der Waals surface area contributed by atoms with Gasteiger partial charge in [-0.25, -0.2) is 0 Å². The van der Waals surface area contributed by atoms with Crippen molar-refractivity contribution >= 4 is 0 Å². The zero-order valence-electron chi connectivity index (χ0n) is 5.96. The van der Waals surface area contributed by atoms with E-state index in [-0.39, 0.29) is 11.8 Å². The molecule has 11 heavy (non-hydrogen) atoms. The number of hydrogen-bond donors (Lipinski definition) is 4. The lowest BCUT2D eigenvalue weighted by atomic mass is 9.90. The van der Waals surface area contributed by atoms with Crippen LogP contribution in [0.25, 0.3) is 0 Å². The van der Waals surface area contributed by atoms with Crippen LogP contribution in [0.15, 0.2) is 0 Å². The Kier molecular flexibility index (Phi) is 1.47. The van der Waals surface area contributed by atoms with Crippen molar-refractivity contribution in [2.45, 2.75) is 30.8 Å². The Hall–Kier alpha value is -0.160. The van der Waals surface area contributed by atoms with E-state index in [0.717, 1.165) is 0 Å². The van der Waals surface area contributed by atoms with E-state index in [9.17, 15) is 20.4 Å². The number of fused-ring (bicyclic) bond motifs is 2. The van der Waals surface area contributed by atoms with Crippen LogP contribution in [0, 0.1) is 11.8 Å². The van der Waals surface area contributed by atoms with E-state index in [1.165, 1.54) is 0 Å². The summed E-state index contributed by atoms with van der Waals surface area (Å²) in [6.45, 7) is 0. The Bertz CT molecular complexity index is 138. The maximum Gasteiger partial charge on any atom is 0.0856 e. The quantitative estimate of drug-likeness (QED) is 0.333. The molecule has 0 amide bonds. The van der Waals surface area contributed by atoms with Crippen LogP contribution < -0.4 is 0 Å². The van der Waals surface area contributed by atoms with E-state index < -0.39 is 24.4 Å². The van der Waals surface area contributed by atoms with Crippen molar-refractivity contribution in [2.75, 3.05) is 0 Å². The average Bonchev–Trinajstić information content (AvgIpc) is 2.40. The first-order chi connectivity index (χ1) is 5.13. The predicted molar refractivity (Wildman–Crippen MR) is 35.6 cm³/mol. The van der Waals surface area contributed by atoms with Crippen LogP contribution in [0.1, 0.15) is 6.42 Å². The molecule has 0 aliphatic heterocycles. The molecule has 2 rings (SSSR count). The molecule has 0 aromatic rings. The summed E-state index contributed by atoms with van der Waals surface area (Å²) in [6, 6.07) is 0. The lowest BCUT2D eigenvalue weighted by molar-refractivity contribution is -0.116. The van der Waals surface area contributed by atoms with Crippen LogP contribution in [-0.2, 0) is 0 Å². The van der Waals surface area contributed by atoms with Gasteiger partial charge in [-0.3, -0.25) is 0 Å². The number of rotatable bonds is 0. The lowest BCUT2D eigenvalue weighted by Gasteiger charge is -2.30. The summed E-state index contributed by atoms with van der Waals surface area (Å²) in [5.41, 5.74) is 0. The topological polar surface area (TPSA) is 80.9 Å². The Balaban J connectivity index is 2.21. The second kappa shape index (κ2) is 2.17. The third-order valence-electron chi connectivity index (χ3n) is 3.00. The molecule has 64 valence electrons. The Labute approximate surface area is 64.1 Å². The molecule has 2 aliphatic rings. The van der Waals surface area contributed by atoms with Gasteiger partial charge in [0.25, 0.3) is 0 Å². The molecule has 0 unspecified atom stereocenters. The van der Waals surface area contributed by atoms with E-state index in [1.807, 2.05) is 0 Å². The van der Waals surface area contributed by atoms with Crippen molar-refractivity contribution in [3.63, 3.8) is 0 Å². The number of hydrogen-bond acceptors (Lipinski definition) is 4. The summed E-state index contributed by atoms with van der Waals surface area (Å²) < 4.78 is 0. The van der Waals surface area contributed by atoms with Crippen LogP contribution >= 0.6 is 0 Å². The Morgan fingerprint density at radius 3 is 1.09 bits per heavy atom. The molecule has 0 aromatic heterocycles. The predicted octanol–water partition coefficient (Wildman–Crippen LogP) is -1.92. The first-order valence-corrected chi connectivity index (χ1v) is 3.85.